The highest BCUT2D eigenvalue weighted by Gasteiger charge is 2.26. The van der Waals surface area contributed by atoms with Crippen molar-refractivity contribution in [2.45, 2.75) is 59.2 Å². The van der Waals surface area contributed by atoms with Crippen LogP contribution in [0.1, 0.15) is 45.1 Å². The molecule has 4 rings (SSSR count). The molecule has 1 aliphatic heterocycles. The van der Waals surface area contributed by atoms with Crippen LogP contribution in [0.4, 0.5) is 10.3 Å². The summed E-state index contributed by atoms with van der Waals surface area (Å²) >= 11 is 6.31. The van der Waals surface area contributed by atoms with Crippen molar-refractivity contribution in [2.24, 2.45) is 0 Å². The molecule has 0 amide bonds. The van der Waals surface area contributed by atoms with E-state index < -0.39 is 11.4 Å². The van der Waals surface area contributed by atoms with Crippen LogP contribution in [-0.4, -0.2) is 31.8 Å². The van der Waals surface area contributed by atoms with Gasteiger partial charge >= 0.3 is 5.69 Å². The first-order chi connectivity index (χ1) is 15.0. The second-order valence-corrected chi connectivity index (χ2v) is 8.31. The van der Waals surface area contributed by atoms with Crippen molar-refractivity contribution < 1.29 is 4.39 Å². The number of hydrogen-bond donors (Lipinski definition) is 0. The van der Waals surface area contributed by atoms with Gasteiger partial charge in [-0.15, -0.1) is 0 Å². The lowest BCUT2D eigenvalue weighted by Gasteiger charge is -2.28. The first-order valence-electron chi connectivity index (χ1n) is 10.9. The normalized spacial score (nSPS) is 14.5. The summed E-state index contributed by atoms with van der Waals surface area (Å²) in [6.07, 6.45) is 3.90. The van der Waals surface area contributed by atoms with E-state index in [0.29, 0.717) is 34.2 Å². The number of aromatic nitrogens is 4. The summed E-state index contributed by atoms with van der Waals surface area (Å²) < 4.78 is 19.2. The summed E-state index contributed by atoms with van der Waals surface area (Å²) in [5.41, 5.74) is 0.209. The fourth-order valence-electron chi connectivity index (χ4n) is 4.31. The first-order valence-corrected chi connectivity index (χ1v) is 11.3. The van der Waals surface area contributed by atoms with Crippen LogP contribution in [0.3, 0.4) is 0 Å². The van der Waals surface area contributed by atoms with Gasteiger partial charge in [0.15, 0.2) is 11.2 Å². The molecule has 7 nitrogen and oxygen atoms in total. The second kappa shape index (κ2) is 8.86. The summed E-state index contributed by atoms with van der Waals surface area (Å²) in [6.45, 7) is 6.11. The maximum Gasteiger partial charge on any atom is 0.332 e. The number of imidazole rings is 1. The van der Waals surface area contributed by atoms with E-state index in [1.807, 2.05) is 6.92 Å². The van der Waals surface area contributed by atoms with E-state index in [1.54, 1.807) is 28.2 Å². The number of fused-ring (bicyclic) bond motifs is 1. The van der Waals surface area contributed by atoms with Crippen LogP contribution in [0, 0.1) is 5.82 Å². The van der Waals surface area contributed by atoms with Gasteiger partial charge in [-0.1, -0.05) is 24.6 Å². The maximum atomic E-state index is 14.7. The number of nitrogens with zero attached hydrogens (tertiary/aromatic N) is 5. The van der Waals surface area contributed by atoms with Crippen LogP contribution >= 0.6 is 11.6 Å². The Balaban J connectivity index is 2.04. The van der Waals surface area contributed by atoms with Crippen molar-refractivity contribution in [1.29, 1.82) is 0 Å². The third-order valence-electron chi connectivity index (χ3n) is 5.87. The Kier molecular flexibility index (Phi) is 6.18. The van der Waals surface area contributed by atoms with Crippen molar-refractivity contribution in [3.63, 3.8) is 0 Å². The predicted molar refractivity (Wildman–Crippen MR) is 121 cm³/mol. The molecule has 1 fully saturated rings. The van der Waals surface area contributed by atoms with Crippen LogP contribution in [0.15, 0.2) is 27.8 Å². The molecule has 1 aliphatic rings. The highest BCUT2D eigenvalue weighted by Crippen LogP contribution is 2.27. The van der Waals surface area contributed by atoms with Gasteiger partial charge in [0, 0.05) is 36.8 Å². The Morgan fingerprint density at radius 3 is 2.45 bits per heavy atom. The zero-order chi connectivity index (χ0) is 22.1. The maximum absolute atomic E-state index is 14.7. The van der Waals surface area contributed by atoms with Gasteiger partial charge in [-0.05, 0) is 44.7 Å². The van der Waals surface area contributed by atoms with E-state index in [0.717, 1.165) is 38.8 Å². The molecule has 0 aliphatic carbocycles. The fraction of sp³-hybridized carbons (Fsp3) is 0.500. The lowest BCUT2D eigenvalue weighted by molar-refractivity contribution is 0.555. The van der Waals surface area contributed by atoms with Gasteiger partial charge in [0.2, 0.25) is 5.95 Å². The monoisotopic (exact) mass is 447 g/mol. The Morgan fingerprint density at radius 1 is 1.06 bits per heavy atom. The predicted octanol–water partition coefficient (Wildman–Crippen LogP) is 3.62. The van der Waals surface area contributed by atoms with Crippen LogP contribution in [0.5, 0.6) is 0 Å². The Labute approximate surface area is 184 Å². The van der Waals surface area contributed by atoms with Gasteiger partial charge in [-0.25, -0.2) is 9.18 Å². The fourth-order valence-corrected chi connectivity index (χ4v) is 4.53. The van der Waals surface area contributed by atoms with Crippen molar-refractivity contribution in [2.75, 3.05) is 18.0 Å². The lowest BCUT2D eigenvalue weighted by atomic mass is 10.1. The van der Waals surface area contributed by atoms with E-state index in [1.165, 1.54) is 10.6 Å². The Morgan fingerprint density at radius 2 is 1.81 bits per heavy atom. The van der Waals surface area contributed by atoms with Crippen molar-refractivity contribution in [3.05, 3.63) is 55.4 Å². The van der Waals surface area contributed by atoms with E-state index >= 15 is 0 Å². The summed E-state index contributed by atoms with van der Waals surface area (Å²) in [6, 6.07) is 4.55. The molecule has 1 aromatic carbocycles. The highest BCUT2D eigenvalue weighted by atomic mass is 35.5. The third-order valence-corrected chi connectivity index (χ3v) is 6.23. The number of hydrogen-bond acceptors (Lipinski definition) is 4. The van der Waals surface area contributed by atoms with Crippen LogP contribution in [0.25, 0.3) is 11.2 Å². The molecule has 9 heteroatoms. The van der Waals surface area contributed by atoms with Crippen molar-refractivity contribution in [3.8, 4) is 0 Å². The summed E-state index contributed by atoms with van der Waals surface area (Å²) in [4.78, 5) is 33.2. The highest BCUT2D eigenvalue weighted by molar-refractivity contribution is 6.31. The van der Waals surface area contributed by atoms with Crippen molar-refractivity contribution >= 4 is 28.7 Å². The molecule has 31 heavy (non-hydrogen) atoms. The number of rotatable bonds is 6. The lowest BCUT2D eigenvalue weighted by Crippen LogP contribution is -2.40. The second-order valence-electron chi connectivity index (χ2n) is 7.90. The minimum absolute atomic E-state index is 0.0666. The molecule has 0 N–H and O–H groups in total. The van der Waals surface area contributed by atoms with Gasteiger partial charge < -0.3 is 4.90 Å². The van der Waals surface area contributed by atoms with Gasteiger partial charge in [0.1, 0.15) is 5.82 Å². The molecule has 3 heterocycles. The quantitative estimate of drug-likeness (QED) is 0.579. The van der Waals surface area contributed by atoms with Gasteiger partial charge in [-0.2, -0.15) is 4.98 Å². The number of halogens is 2. The molecule has 3 aromatic rings. The summed E-state index contributed by atoms with van der Waals surface area (Å²) in [5.74, 6) is 0.154. The van der Waals surface area contributed by atoms with E-state index in [9.17, 15) is 14.0 Å². The topological polar surface area (TPSA) is 65.1 Å². The Bertz CT molecular complexity index is 1200. The number of piperidine rings is 1. The number of aryl methyl sites for hydroxylation is 1. The number of benzene rings is 1. The molecule has 0 atom stereocenters. The van der Waals surface area contributed by atoms with E-state index in [2.05, 4.69) is 4.90 Å². The smallest absolute Gasteiger partial charge is 0.332 e. The van der Waals surface area contributed by atoms with E-state index in [4.69, 9.17) is 16.6 Å². The minimum atomic E-state index is -0.434. The average molecular weight is 448 g/mol. The summed E-state index contributed by atoms with van der Waals surface area (Å²) in [7, 11) is 0. The molecule has 0 saturated carbocycles. The van der Waals surface area contributed by atoms with Crippen molar-refractivity contribution in [1.82, 2.24) is 18.7 Å². The standard InChI is InChI=1S/C22H27ClFN5O2/c1-3-11-28-19-18(20(30)27(4-2)22(28)31)29(14-15-16(23)9-8-10-17(15)24)21(25-19)26-12-6-5-7-13-26/h8-10H,3-7,11-14H2,1-2H3. The molecular weight excluding hydrogens is 421 g/mol. The molecule has 2 aromatic heterocycles. The molecular formula is C22H27ClFN5O2. The van der Waals surface area contributed by atoms with Gasteiger partial charge in [0.25, 0.3) is 5.56 Å². The summed E-state index contributed by atoms with van der Waals surface area (Å²) in [5, 5.41) is 0.296. The van der Waals surface area contributed by atoms with E-state index in [-0.39, 0.29) is 18.8 Å². The average Bonchev–Trinajstić information content (AvgIpc) is 3.14. The van der Waals surface area contributed by atoms with Crippen LogP contribution in [0.2, 0.25) is 5.02 Å². The number of anilines is 1. The molecule has 1 saturated heterocycles. The zero-order valence-corrected chi connectivity index (χ0v) is 18.7. The molecule has 166 valence electrons. The first kappa shape index (κ1) is 21.6. The van der Waals surface area contributed by atoms with Crippen LogP contribution < -0.4 is 16.1 Å². The largest absolute Gasteiger partial charge is 0.342 e. The zero-order valence-electron chi connectivity index (χ0n) is 17.9. The van der Waals surface area contributed by atoms with Crippen LogP contribution in [-0.2, 0) is 19.6 Å². The minimum Gasteiger partial charge on any atom is -0.342 e. The molecule has 0 radical (unpaired) electrons. The SMILES string of the molecule is CCCn1c(=O)n(CC)c(=O)c2c1nc(N1CCCCC1)n2Cc1c(F)cccc1Cl. The molecule has 0 unspecified atom stereocenters. The van der Waals surface area contributed by atoms with Gasteiger partial charge in [0.05, 0.1) is 6.54 Å². The molecule has 0 bridgehead atoms. The Hall–Kier alpha value is -2.61. The third kappa shape index (κ3) is 3.78. The molecule has 0 spiro atoms. The van der Waals surface area contributed by atoms with Gasteiger partial charge in [-0.3, -0.25) is 18.5 Å².